The molecule has 2 aromatic rings. The van der Waals surface area contributed by atoms with E-state index in [4.69, 9.17) is 21.1 Å². The number of hydrogen-bond donors (Lipinski definition) is 1. The minimum atomic E-state index is -1.28. The van der Waals surface area contributed by atoms with E-state index in [9.17, 15) is 13.9 Å². The first kappa shape index (κ1) is 13.1. The SMILES string of the molecule is OC(c1cc(Cl)c2c(c1)OCO2)c1ccc(F)cc1F. The van der Waals surface area contributed by atoms with Crippen molar-refractivity contribution in [2.24, 2.45) is 0 Å². The summed E-state index contributed by atoms with van der Waals surface area (Å²) in [5.74, 6) is -0.760. The van der Waals surface area contributed by atoms with Crippen LogP contribution in [0.2, 0.25) is 5.02 Å². The van der Waals surface area contributed by atoms with Crippen LogP contribution in [0, 0.1) is 11.6 Å². The molecule has 0 radical (unpaired) electrons. The van der Waals surface area contributed by atoms with Gasteiger partial charge in [0.25, 0.3) is 0 Å². The zero-order valence-electron chi connectivity index (χ0n) is 10.1. The number of benzene rings is 2. The van der Waals surface area contributed by atoms with Gasteiger partial charge >= 0.3 is 0 Å². The lowest BCUT2D eigenvalue weighted by atomic mass is 10.0. The quantitative estimate of drug-likeness (QED) is 0.923. The smallest absolute Gasteiger partial charge is 0.231 e. The predicted octanol–water partition coefficient (Wildman–Crippen LogP) is 3.43. The number of hydrogen-bond acceptors (Lipinski definition) is 3. The minimum absolute atomic E-state index is 0.0404. The van der Waals surface area contributed by atoms with Crippen molar-refractivity contribution in [2.45, 2.75) is 6.10 Å². The van der Waals surface area contributed by atoms with E-state index in [0.717, 1.165) is 6.07 Å². The van der Waals surface area contributed by atoms with Crippen LogP contribution in [-0.4, -0.2) is 11.9 Å². The fraction of sp³-hybridized carbons (Fsp3) is 0.143. The third kappa shape index (κ3) is 2.19. The second kappa shape index (κ2) is 4.92. The van der Waals surface area contributed by atoms with Crippen LogP contribution in [0.15, 0.2) is 30.3 Å². The zero-order valence-corrected chi connectivity index (χ0v) is 10.8. The molecule has 1 aliphatic rings. The van der Waals surface area contributed by atoms with Crippen LogP contribution < -0.4 is 9.47 Å². The number of rotatable bonds is 2. The first-order valence-corrected chi connectivity index (χ1v) is 6.16. The van der Waals surface area contributed by atoms with Gasteiger partial charge in [-0.05, 0) is 23.8 Å². The topological polar surface area (TPSA) is 38.7 Å². The summed E-state index contributed by atoms with van der Waals surface area (Å²) in [4.78, 5) is 0. The molecule has 0 saturated carbocycles. The van der Waals surface area contributed by atoms with E-state index in [1.165, 1.54) is 18.2 Å². The average Bonchev–Trinajstić information content (AvgIpc) is 2.87. The van der Waals surface area contributed by atoms with Gasteiger partial charge in [-0.3, -0.25) is 0 Å². The Hall–Kier alpha value is -1.85. The highest BCUT2D eigenvalue weighted by molar-refractivity contribution is 6.32. The molecular weight excluding hydrogens is 290 g/mol. The second-order valence-corrected chi connectivity index (χ2v) is 4.71. The summed E-state index contributed by atoms with van der Waals surface area (Å²) >= 11 is 6.00. The molecule has 0 amide bonds. The van der Waals surface area contributed by atoms with Crippen molar-refractivity contribution in [2.75, 3.05) is 6.79 Å². The Kier molecular flexibility index (Phi) is 3.23. The summed E-state index contributed by atoms with van der Waals surface area (Å²) in [6, 6.07) is 5.96. The Labute approximate surface area is 118 Å². The van der Waals surface area contributed by atoms with Crippen LogP contribution in [0.4, 0.5) is 8.78 Å². The summed E-state index contributed by atoms with van der Waals surface area (Å²) < 4.78 is 36.9. The third-order valence-corrected chi connectivity index (χ3v) is 3.30. The van der Waals surface area contributed by atoms with E-state index >= 15 is 0 Å². The molecule has 1 aliphatic heterocycles. The summed E-state index contributed by atoms with van der Waals surface area (Å²) in [5.41, 5.74) is 0.297. The van der Waals surface area contributed by atoms with Gasteiger partial charge in [-0.1, -0.05) is 17.7 Å². The van der Waals surface area contributed by atoms with Crippen LogP contribution in [0.25, 0.3) is 0 Å². The van der Waals surface area contributed by atoms with Gasteiger partial charge in [0.1, 0.15) is 17.7 Å². The van der Waals surface area contributed by atoms with Gasteiger partial charge in [-0.2, -0.15) is 0 Å². The normalized spacial score (nSPS) is 14.4. The molecule has 0 aromatic heterocycles. The van der Waals surface area contributed by atoms with Gasteiger partial charge in [0.15, 0.2) is 11.5 Å². The van der Waals surface area contributed by atoms with Crippen LogP contribution >= 0.6 is 11.6 Å². The standard InChI is InChI=1S/C14H9ClF2O3/c15-10-3-7(4-12-14(10)20-6-19-12)13(18)9-2-1-8(16)5-11(9)17/h1-5,13,18H,6H2. The van der Waals surface area contributed by atoms with Gasteiger partial charge in [0.2, 0.25) is 6.79 Å². The van der Waals surface area contributed by atoms with Crippen LogP contribution in [0.3, 0.4) is 0 Å². The summed E-state index contributed by atoms with van der Waals surface area (Å²) in [6.07, 6.45) is -1.28. The summed E-state index contributed by atoms with van der Waals surface area (Å²) in [5, 5.41) is 10.5. The number of fused-ring (bicyclic) bond motifs is 1. The summed E-state index contributed by atoms with van der Waals surface area (Å²) in [6.45, 7) is 0.0412. The highest BCUT2D eigenvalue weighted by Gasteiger charge is 2.23. The van der Waals surface area contributed by atoms with E-state index in [-0.39, 0.29) is 17.4 Å². The molecule has 0 bridgehead atoms. The third-order valence-electron chi connectivity index (χ3n) is 3.02. The molecule has 20 heavy (non-hydrogen) atoms. The predicted molar refractivity (Wildman–Crippen MR) is 68.0 cm³/mol. The molecular formula is C14H9ClF2O3. The van der Waals surface area contributed by atoms with E-state index in [1.54, 1.807) is 0 Å². The first-order valence-electron chi connectivity index (χ1n) is 5.78. The van der Waals surface area contributed by atoms with Gasteiger partial charge < -0.3 is 14.6 Å². The van der Waals surface area contributed by atoms with Crippen LogP contribution in [0.5, 0.6) is 11.5 Å². The van der Waals surface area contributed by atoms with Gasteiger partial charge in [-0.25, -0.2) is 8.78 Å². The molecule has 3 rings (SSSR count). The number of aliphatic hydroxyl groups excluding tert-OH is 1. The van der Waals surface area contributed by atoms with Crippen molar-refractivity contribution in [1.82, 2.24) is 0 Å². The van der Waals surface area contributed by atoms with E-state index < -0.39 is 17.7 Å². The maximum absolute atomic E-state index is 13.7. The fourth-order valence-corrected chi connectivity index (χ4v) is 2.32. The monoisotopic (exact) mass is 298 g/mol. The highest BCUT2D eigenvalue weighted by Crippen LogP contribution is 2.42. The lowest BCUT2D eigenvalue weighted by molar-refractivity contribution is 0.173. The molecule has 104 valence electrons. The fourth-order valence-electron chi connectivity index (χ4n) is 2.05. The molecule has 0 aliphatic carbocycles. The lowest BCUT2D eigenvalue weighted by Crippen LogP contribution is -2.03. The van der Waals surface area contributed by atoms with Crippen molar-refractivity contribution in [1.29, 1.82) is 0 Å². The Morgan fingerprint density at radius 2 is 1.95 bits per heavy atom. The molecule has 1 atom stereocenters. The minimum Gasteiger partial charge on any atom is -0.454 e. The second-order valence-electron chi connectivity index (χ2n) is 4.30. The average molecular weight is 299 g/mol. The van der Waals surface area contributed by atoms with Crippen LogP contribution in [0.1, 0.15) is 17.2 Å². The van der Waals surface area contributed by atoms with Gasteiger partial charge in [0, 0.05) is 11.6 Å². The number of ether oxygens (including phenoxy) is 2. The lowest BCUT2D eigenvalue weighted by Gasteiger charge is -2.13. The highest BCUT2D eigenvalue weighted by atomic mass is 35.5. The van der Waals surface area contributed by atoms with Gasteiger partial charge in [0.05, 0.1) is 5.02 Å². The Morgan fingerprint density at radius 3 is 2.70 bits per heavy atom. The van der Waals surface area contributed by atoms with Crippen molar-refractivity contribution >= 4 is 11.6 Å². The van der Waals surface area contributed by atoms with E-state index in [0.29, 0.717) is 23.1 Å². The molecule has 0 saturated heterocycles. The molecule has 1 unspecified atom stereocenters. The Morgan fingerprint density at radius 1 is 1.15 bits per heavy atom. The molecule has 2 aromatic carbocycles. The number of aliphatic hydroxyl groups is 1. The Bertz CT molecular complexity index is 676. The van der Waals surface area contributed by atoms with Crippen LogP contribution in [-0.2, 0) is 0 Å². The molecule has 6 heteroatoms. The molecule has 0 spiro atoms. The summed E-state index contributed by atoms with van der Waals surface area (Å²) in [7, 11) is 0. The van der Waals surface area contributed by atoms with Crippen molar-refractivity contribution in [3.8, 4) is 11.5 Å². The molecule has 0 fully saturated rings. The largest absolute Gasteiger partial charge is 0.454 e. The van der Waals surface area contributed by atoms with Crippen molar-refractivity contribution < 1.29 is 23.4 Å². The van der Waals surface area contributed by atoms with Crippen molar-refractivity contribution in [3.63, 3.8) is 0 Å². The Balaban J connectivity index is 2.02. The van der Waals surface area contributed by atoms with E-state index in [1.807, 2.05) is 0 Å². The maximum atomic E-state index is 13.7. The number of halogens is 3. The zero-order chi connectivity index (χ0) is 14.3. The maximum Gasteiger partial charge on any atom is 0.231 e. The molecule has 3 nitrogen and oxygen atoms in total. The van der Waals surface area contributed by atoms with E-state index in [2.05, 4.69) is 0 Å². The van der Waals surface area contributed by atoms with Gasteiger partial charge in [-0.15, -0.1) is 0 Å². The van der Waals surface area contributed by atoms with Crippen molar-refractivity contribution in [3.05, 3.63) is 58.1 Å². The molecule has 1 heterocycles. The first-order chi connectivity index (χ1) is 9.56. The molecule has 1 N–H and O–H groups in total.